The van der Waals surface area contributed by atoms with E-state index in [1.54, 1.807) is 6.26 Å². The van der Waals surface area contributed by atoms with E-state index in [0.717, 1.165) is 29.9 Å². The van der Waals surface area contributed by atoms with Gasteiger partial charge in [0.1, 0.15) is 11.6 Å². The second kappa shape index (κ2) is 6.00. The first-order chi connectivity index (χ1) is 10.2. The van der Waals surface area contributed by atoms with Gasteiger partial charge in [0.15, 0.2) is 0 Å². The molecule has 21 heavy (non-hydrogen) atoms. The summed E-state index contributed by atoms with van der Waals surface area (Å²) < 4.78 is 5.37. The first-order valence-electron chi connectivity index (χ1n) is 7.37. The molecule has 3 nitrogen and oxygen atoms in total. The van der Waals surface area contributed by atoms with Crippen LogP contribution in [0, 0.1) is 6.92 Å². The van der Waals surface area contributed by atoms with Crippen LogP contribution >= 0.6 is 0 Å². The molecule has 0 radical (unpaired) electrons. The van der Waals surface area contributed by atoms with E-state index in [0.29, 0.717) is 6.04 Å². The fourth-order valence-electron chi connectivity index (χ4n) is 2.49. The molecule has 108 valence electrons. The number of hydrogen-bond donors (Lipinski definition) is 1. The third kappa shape index (κ3) is 3.24. The third-order valence-electron chi connectivity index (χ3n) is 3.70. The summed E-state index contributed by atoms with van der Waals surface area (Å²) in [5.41, 5.74) is 2.21. The number of benzene rings is 1. The quantitative estimate of drug-likeness (QED) is 0.744. The predicted molar refractivity (Wildman–Crippen MR) is 86.6 cm³/mol. The van der Waals surface area contributed by atoms with Gasteiger partial charge in [-0.25, -0.2) is 4.98 Å². The third-order valence-corrected chi connectivity index (χ3v) is 3.70. The van der Waals surface area contributed by atoms with Crippen molar-refractivity contribution in [2.45, 2.75) is 32.7 Å². The number of hydrogen-bond acceptors (Lipinski definition) is 3. The zero-order chi connectivity index (χ0) is 14.7. The van der Waals surface area contributed by atoms with Crippen molar-refractivity contribution in [2.24, 2.45) is 0 Å². The summed E-state index contributed by atoms with van der Waals surface area (Å²) in [6.07, 6.45) is 3.68. The lowest BCUT2D eigenvalue weighted by Gasteiger charge is -2.16. The van der Waals surface area contributed by atoms with Crippen molar-refractivity contribution >= 4 is 16.7 Å². The maximum absolute atomic E-state index is 5.37. The Bertz CT molecular complexity index is 719. The van der Waals surface area contributed by atoms with E-state index in [2.05, 4.69) is 31.3 Å². The highest BCUT2D eigenvalue weighted by molar-refractivity contribution is 5.81. The molecule has 1 unspecified atom stereocenters. The molecule has 0 aliphatic rings. The van der Waals surface area contributed by atoms with Crippen LogP contribution in [-0.4, -0.2) is 11.0 Å². The SMILES string of the molecule is Cc1cc2ccccc2nc1NC(C)CCc1ccco1. The maximum atomic E-state index is 5.37. The molecule has 0 amide bonds. The molecule has 2 heterocycles. The molecule has 0 aliphatic heterocycles. The Hall–Kier alpha value is -2.29. The summed E-state index contributed by atoms with van der Waals surface area (Å²) in [5.74, 6) is 2.01. The second-order valence-electron chi connectivity index (χ2n) is 5.51. The van der Waals surface area contributed by atoms with Crippen molar-refractivity contribution in [3.8, 4) is 0 Å². The molecule has 0 aliphatic carbocycles. The minimum absolute atomic E-state index is 0.350. The molecule has 0 spiro atoms. The normalized spacial score (nSPS) is 12.5. The monoisotopic (exact) mass is 280 g/mol. The van der Waals surface area contributed by atoms with E-state index in [-0.39, 0.29) is 0 Å². The van der Waals surface area contributed by atoms with Crippen LogP contribution in [0.15, 0.2) is 53.1 Å². The Morgan fingerprint density at radius 1 is 1.19 bits per heavy atom. The number of pyridine rings is 1. The van der Waals surface area contributed by atoms with Gasteiger partial charge in [0, 0.05) is 17.8 Å². The Morgan fingerprint density at radius 3 is 2.86 bits per heavy atom. The Labute approximate surface area is 125 Å². The molecule has 2 aromatic heterocycles. The van der Waals surface area contributed by atoms with Gasteiger partial charge in [0.25, 0.3) is 0 Å². The van der Waals surface area contributed by atoms with Gasteiger partial charge in [0.05, 0.1) is 11.8 Å². The number of para-hydroxylation sites is 1. The highest BCUT2D eigenvalue weighted by Gasteiger charge is 2.08. The molecule has 0 fully saturated rings. The lowest BCUT2D eigenvalue weighted by atomic mass is 10.1. The Morgan fingerprint density at radius 2 is 2.05 bits per heavy atom. The summed E-state index contributed by atoms with van der Waals surface area (Å²) in [7, 11) is 0. The van der Waals surface area contributed by atoms with Gasteiger partial charge in [-0.2, -0.15) is 0 Å². The number of rotatable bonds is 5. The van der Waals surface area contributed by atoms with Crippen molar-refractivity contribution in [3.63, 3.8) is 0 Å². The molecular weight excluding hydrogens is 260 g/mol. The molecule has 1 atom stereocenters. The topological polar surface area (TPSA) is 38.1 Å². The van der Waals surface area contributed by atoms with Crippen LogP contribution in [0.4, 0.5) is 5.82 Å². The summed E-state index contributed by atoms with van der Waals surface area (Å²) in [5, 5.41) is 4.70. The van der Waals surface area contributed by atoms with E-state index < -0.39 is 0 Å². The molecule has 3 heteroatoms. The van der Waals surface area contributed by atoms with E-state index in [4.69, 9.17) is 9.40 Å². The zero-order valence-electron chi connectivity index (χ0n) is 12.5. The summed E-state index contributed by atoms with van der Waals surface area (Å²) in [4.78, 5) is 4.73. The van der Waals surface area contributed by atoms with Gasteiger partial charge < -0.3 is 9.73 Å². The van der Waals surface area contributed by atoms with Gasteiger partial charge in [-0.15, -0.1) is 0 Å². The highest BCUT2D eigenvalue weighted by atomic mass is 16.3. The van der Waals surface area contributed by atoms with E-state index in [1.807, 2.05) is 30.3 Å². The number of anilines is 1. The maximum Gasteiger partial charge on any atom is 0.129 e. The molecule has 3 aromatic rings. The highest BCUT2D eigenvalue weighted by Crippen LogP contribution is 2.20. The fraction of sp³-hybridized carbons (Fsp3) is 0.278. The minimum Gasteiger partial charge on any atom is -0.469 e. The van der Waals surface area contributed by atoms with Crippen molar-refractivity contribution < 1.29 is 4.42 Å². The molecule has 0 bridgehead atoms. The van der Waals surface area contributed by atoms with Crippen LogP contribution in [-0.2, 0) is 6.42 Å². The second-order valence-corrected chi connectivity index (χ2v) is 5.51. The molecule has 0 saturated carbocycles. The zero-order valence-corrected chi connectivity index (χ0v) is 12.5. The molecule has 3 rings (SSSR count). The number of furan rings is 1. The lowest BCUT2D eigenvalue weighted by molar-refractivity contribution is 0.495. The van der Waals surface area contributed by atoms with Crippen LogP contribution in [0.2, 0.25) is 0 Å². The first-order valence-corrected chi connectivity index (χ1v) is 7.37. The van der Waals surface area contributed by atoms with Gasteiger partial charge >= 0.3 is 0 Å². The number of aryl methyl sites for hydroxylation is 2. The fourth-order valence-corrected chi connectivity index (χ4v) is 2.49. The van der Waals surface area contributed by atoms with Crippen LogP contribution in [0.25, 0.3) is 10.9 Å². The van der Waals surface area contributed by atoms with Crippen molar-refractivity contribution in [1.82, 2.24) is 4.98 Å². The molecule has 0 saturated heterocycles. The van der Waals surface area contributed by atoms with E-state index in [1.165, 1.54) is 10.9 Å². The summed E-state index contributed by atoms with van der Waals surface area (Å²) >= 11 is 0. The van der Waals surface area contributed by atoms with Crippen LogP contribution in [0.1, 0.15) is 24.7 Å². The smallest absolute Gasteiger partial charge is 0.129 e. The average molecular weight is 280 g/mol. The Balaban J connectivity index is 1.70. The Kier molecular flexibility index (Phi) is 3.91. The molecule has 1 N–H and O–H groups in total. The first kappa shape index (κ1) is 13.7. The van der Waals surface area contributed by atoms with Gasteiger partial charge in [-0.1, -0.05) is 18.2 Å². The van der Waals surface area contributed by atoms with Gasteiger partial charge in [-0.3, -0.25) is 0 Å². The van der Waals surface area contributed by atoms with Crippen LogP contribution in [0.3, 0.4) is 0 Å². The van der Waals surface area contributed by atoms with Gasteiger partial charge in [0.2, 0.25) is 0 Å². The minimum atomic E-state index is 0.350. The van der Waals surface area contributed by atoms with Crippen molar-refractivity contribution in [3.05, 3.63) is 60.1 Å². The van der Waals surface area contributed by atoms with Crippen molar-refractivity contribution in [1.29, 1.82) is 0 Å². The largest absolute Gasteiger partial charge is 0.469 e. The number of nitrogens with zero attached hydrogens (tertiary/aromatic N) is 1. The van der Waals surface area contributed by atoms with E-state index in [9.17, 15) is 0 Å². The number of aromatic nitrogens is 1. The standard InChI is InChI=1S/C18H20N2O/c1-13-12-15-6-3-4-8-17(15)20-18(13)19-14(2)9-10-16-7-5-11-21-16/h3-8,11-12,14H,9-10H2,1-2H3,(H,19,20). The average Bonchev–Trinajstić information content (AvgIpc) is 2.99. The summed E-state index contributed by atoms with van der Waals surface area (Å²) in [6, 6.07) is 14.7. The van der Waals surface area contributed by atoms with E-state index >= 15 is 0 Å². The lowest BCUT2D eigenvalue weighted by Crippen LogP contribution is -2.17. The summed E-state index contributed by atoms with van der Waals surface area (Å²) in [6.45, 7) is 4.28. The van der Waals surface area contributed by atoms with Gasteiger partial charge in [-0.05, 0) is 50.1 Å². The number of nitrogens with one attached hydrogen (secondary N) is 1. The molecule has 1 aromatic carbocycles. The van der Waals surface area contributed by atoms with Crippen LogP contribution in [0.5, 0.6) is 0 Å². The number of fused-ring (bicyclic) bond motifs is 1. The van der Waals surface area contributed by atoms with Crippen LogP contribution < -0.4 is 5.32 Å². The van der Waals surface area contributed by atoms with Crippen molar-refractivity contribution in [2.75, 3.05) is 5.32 Å². The molecular formula is C18H20N2O. The predicted octanol–water partition coefficient (Wildman–Crippen LogP) is 4.57.